The summed E-state index contributed by atoms with van der Waals surface area (Å²) in [4.78, 5) is 14.4. The lowest BCUT2D eigenvalue weighted by Crippen LogP contribution is -2.45. The zero-order chi connectivity index (χ0) is 14.8. The van der Waals surface area contributed by atoms with Crippen LogP contribution in [-0.2, 0) is 0 Å². The molecule has 2 aliphatic rings. The normalized spacial score (nSPS) is 19.8. The molecule has 1 N–H and O–H groups in total. The summed E-state index contributed by atoms with van der Waals surface area (Å²) >= 11 is 6.12. The van der Waals surface area contributed by atoms with Crippen molar-refractivity contribution in [2.24, 2.45) is 5.92 Å². The van der Waals surface area contributed by atoms with Gasteiger partial charge in [-0.1, -0.05) is 17.7 Å². The molecule has 1 saturated heterocycles. The van der Waals surface area contributed by atoms with E-state index in [0.29, 0.717) is 16.6 Å². The van der Waals surface area contributed by atoms with Gasteiger partial charge in [-0.3, -0.25) is 4.79 Å². The van der Waals surface area contributed by atoms with Gasteiger partial charge in [-0.05, 0) is 62.8 Å². The Hall–Kier alpha value is -1.06. The van der Waals surface area contributed by atoms with Crippen molar-refractivity contribution < 1.29 is 4.79 Å². The van der Waals surface area contributed by atoms with E-state index in [4.69, 9.17) is 11.6 Å². The molecule has 0 aromatic heterocycles. The molecule has 3 rings (SSSR count). The molecule has 1 aliphatic carbocycles. The third kappa shape index (κ3) is 3.78. The van der Waals surface area contributed by atoms with E-state index < -0.39 is 0 Å². The second-order valence-corrected chi connectivity index (χ2v) is 6.79. The van der Waals surface area contributed by atoms with Crippen LogP contribution in [0.15, 0.2) is 18.2 Å². The third-order valence-electron chi connectivity index (χ3n) is 4.59. The highest BCUT2D eigenvalue weighted by Gasteiger charge is 2.26. The van der Waals surface area contributed by atoms with Crippen LogP contribution in [0.5, 0.6) is 0 Å². The maximum Gasteiger partial charge on any atom is 0.253 e. The highest BCUT2D eigenvalue weighted by Crippen LogP contribution is 2.28. The predicted octanol–water partition coefficient (Wildman–Crippen LogP) is 3.25. The van der Waals surface area contributed by atoms with Gasteiger partial charge < -0.3 is 10.2 Å². The molecule has 1 aliphatic heterocycles. The Labute approximate surface area is 131 Å². The minimum atomic E-state index is 0.109. The van der Waals surface area contributed by atoms with Gasteiger partial charge in [-0.15, -0.1) is 0 Å². The number of nitrogens with zero attached hydrogens (tertiary/aromatic N) is 1. The predicted molar refractivity (Wildman–Crippen MR) is 85.8 cm³/mol. The number of hydrogen-bond acceptors (Lipinski definition) is 2. The van der Waals surface area contributed by atoms with Crippen LogP contribution in [0.2, 0.25) is 5.02 Å². The summed E-state index contributed by atoms with van der Waals surface area (Å²) < 4.78 is 0. The number of halogens is 1. The van der Waals surface area contributed by atoms with Gasteiger partial charge in [0.2, 0.25) is 0 Å². The lowest BCUT2D eigenvalue weighted by molar-refractivity contribution is 0.0705. The van der Waals surface area contributed by atoms with Crippen molar-refractivity contribution in [2.45, 2.75) is 38.6 Å². The summed E-state index contributed by atoms with van der Waals surface area (Å²) in [5.41, 5.74) is 1.71. The van der Waals surface area contributed by atoms with E-state index in [0.717, 1.165) is 44.0 Å². The number of hydrogen-bond donors (Lipinski definition) is 1. The van der Waals surface area contributed by atoms with Crippen molar-refractivity contribution in [3.8, 4) is 0 Å². The maximum atomic E-state index is 12.5. The van der Waals surface area contributed by atoms with E-state index in [1.54, 1.807) is 6.07 Å². The van der Waals surface area contributed by atoms with E-state index in [-0.39, 0.29) is 5.91 Å². The first-order valence-electron chi connectivity index (χ1n) is 7.92. The zero-order valence-corrected chi connectivity index (χ0v) is 13.3. The molecule has 3 nitrogen and oxygen atoms in total. The average molecular weight is 307 g/mol. The van der Waals surface area contributed by atoms with Crippen molar-refractivity contribution in [2.75, 3.05) is 19.6 Å². The first-order valence-corrected chi connectivity index (χ1v) is 8.30. The molecule has 0 bridgehead atoms. The van der Waals surface area contributed by atoms with E-state index in [2.05, 4.69) is 5.32 Å². The topological polar surface area (TPSA) is 32.3 Å². The second-order valence-electron chi connectivity index (χ2n) is 6.38. The smallest absolute Gasteiger partial charge is 0.253 e. The molecule has 0 radical (unpaired) electrons. The van der Waals surface area contributed by atoms with Crippen molar-refractivity contribution in [1.82, 2.24) is 10.2 Å². The van der Waals surface area contributed by atoms with E-state index in [1.807, 2.05) is 24.0 Å². The highest BCUT2D eigenvalue weighted by atomic mass is 35.5. The van der Waals surface area contributed by atoms with Crippen LogP contribution in [0.4, 0.5) is 0 Å². The van der Waals surface area contributed by atoms with Gasteiger partial charge in [0.1, 0.15) is 0 Å². The third-order valence-corrected chi connectivity index (χ3v) is 5.00. The molecule has 21 heavy (non-hydrogen) atoms. The van der Waals surface area contributed by atoms with Crippen LogP contribution in [0.1, 0.15) is 41.6 Å². The number of likely N-dealkylation sites (tertiary alicyclic amines) is 1. The fraction of sp³-hybridized carbons (Fsp3) is 0.588. The monoisotopic (exact) mass is 306 g/mol. The first-order chi connectivity index (χ1) is 10.1. The average Bonchev–Trinajstić information content (AvgIpc) is 3.32. The van der Waals surface area contributed by atoms with Crippen LogP contribution in [0.3, 0.4) is 0 Å². The first kappa shape index (κ1) is 14.9. The van der Waals surface area contributed by atoms with Crippen LogP contribution in [-0.4, -0.2) is 36.5 Å². The van der Waals surface area contributed by atoms with Crippen molar-refractivity contribution in [3.05, 3.63) is 34.3 Å². The summed E-state index contributed by atoms with van der Waals surface area (Å²) in [6, 6.07) is 6.16. The van der Waals surface area contributed by atoms with E-state index in [1.165, 1.54) is 12.8 Å². The molecule has 0 unspecified atom stereocenters. The summed E-state index contributed by atoms with van der Waals surface area (Å²) in [7, 11) is 0. The molecular weight excluding hydrogens is 284 g/mol. The van der Waals surface area contributed by atoms with E-state index >= 15 is 0 Å². The zero-order valence-electron chi connectivity index (χ0n) is 12.6. The van der Waals surface area contributed by atoms with Gasteiger partial charge in [0.15, 0.2) is 0 Å². The Kier molecular flexibility index (Phi) is 4.51. The van der Waals surface area contributed by atoms with Gasteiger partial charge >= 0.3 is 0 Å². The van der Waals surface area contributed by atoms with Crippen molar-refractivity contribution >= 4 is 17.5 Å². The molecular formula is C17H23ClN2O. The largest absolute Gasteiger partial charge is 0.339 e. The van der Waals surface area contributed by atoms with Crippen molar-refractivity contribution in [3.63, 3.8) is 0 Å². The number of rotatable bonds is 4. The molecule has 1 saturated carbocycles. The second kappa shape index (κ2) is 6.37. The molecule has 4 heteroatoms. The van der Waals surface area contributed by atoms with Crippen LogP contribution in [0, 0.1) is 12.8 Å². The van der Waals surface area contributed by atoms with Crippen LogP contribution in [0.25, 0.3) is 0 Å². The Bertz CT molecular complexity index is 520. The number of aryl methyl sites for hydroxylation is 1. The van der Waals surface area contributed by atoms with Crippen LogP contribution >= 0.6 is 11.6 Å². The standard InChI is InChI=1S/C17H23ClN2O/c1-12-2-5-14(10-16(12)18)17(21)20-8-6-15(7-9-20)19-11-13-3-4-13/h2,5,10,13,15,19H,3-4,6-9,11H2,1H3. The molecule has 1 heterocycles. The van der Waals surface area contributed by atoms with Crippen LogP contribution < -0.4 is 5.32 Å². The maximum absolute atomic E-state index is 12.5. The van der Waals surface area contributed by atoms with Gasteiger partial charge in [0.05, 0.1) is 0 Å². The minimum absolute atomic E-state index is 0.109. The number of amides is 1. The molecule has 0 spiro atoms. The summed E-state index contributed by atoms with van der Waals surface area (Å²) in [5.74, 6) is 1.02. The number of carbonyl (C=O) groups excluding carboxylic acids is 1. The SMILES string of the molecule is Cc1ccc(C(=O)N2CCC(NCC3CC3)CC2)cc1Cl. The van der Waals surface area contributed by atoms with Gasteiger partial charge in [0.25, 0.3) is 5.91 Å². The lowest BCUT2D eigenvalue weighted by Gasteiger charge is -2.32. The van der Waals surface area contributed by atoms with Gasteiger partial charge in [-0.25, -0.2) is 0 Å². The molecule has 1 amide bonds. The van der Waals surface area contributed by atoms with Gasteiger partial charge in [0, 0.05) is 29.7 Å². The number of benzene rings is 1. The molecule has 1 aromatic carbocycles. The Morgan fingerprint density at radius 1 is 1.29 bits per heavy atom. The Morgan fingerprint density at radius 3 is 2.62 bits per heavy atom. The Morgan fingerprint density at radius 2 is 2.00 bits per heavy atom. The highest BCUT2D eigenvalue weighted by molar-refractivity contribution is 6.31. The molecule has 114 valence electrons. The Balaban J connectivity index is 1.52. The lowest BCUT2D eigenvalue weighted by atomic mass is 10.0. The van der Waals surface area contributed by atoms with Crippen molar-refractivity contribution in [1.29, 1.82) is 0 Å². The summed E-state index contributed by atoms with van der Waals surface area (Å²) in [6.45, 7) is 4.79. The molecule has 0 atom stereocenters. The number of nitrogens with one attached hydrogen (secondary N) is 1. The fourth-order valence-corrected chi connectivity index (χ4v) is 3.03. The number of piperidine rings is 1. The summed E-state index contributed by atoms with van der Waals surface area (Å²) in [5, 5.41) is 4.31. The van der Waals surface area contributed by atoms with Gasteiger partial charge in [-0.2, -0.15) is 0 Å². The fourth-order valence-electron chi connectivity index (χ4n) is 2.85. The minimum Gasteiger partial charge on any atom is -0.339 e. The van der Waals surface area contributed by atoms with E-state index in [9.17, 15) is 4.79 Å². The summed E-state index contributed by atoms with van der Waals surface area (Å²) in [6.07, 6.45) is 4.88. The molecule has 1 aromatic rings. The molecule has 2 fully saturated rings. The number of carbonyl (C=O) groups is 1. The quantitative estimate of drug-likeness (QED) is 0.926.